The highest BCUT2D eigenvalue weighted by molar-refractivity contribution is 6.10. The molecule has 1 aliphatic carbocycles. The van der Waals surface area contributed by atoms with Gasteiger partial charge in [-0.1, -0.05) is 24.3 Å². The molecule has 2 aliphatic rings. The first-order chi connectivity index (χ1) is 11.9. The number of amides is 3. The summed E-state index contributed by atoms with van der Waals surface area (Å²) in [6.45, 7) is 2.99. The number of rotatable bonds is 4. The molecule has 1 aromatic rings. The minimum absolute atomic E-state index is 0.106. The van der Waals surface area contributed by atoms with E-state index in [9.17, 15) is 19.2 Å². The van der Waals surface area contributed by atoms with Gasteiger partial charge in [-0.15, -0.1) is 0 Å². The number of carbonyl (C=O) groups is 4. The summed E-state index contributed by atoms with van der Waals surface area (Å²) in [7, 11) is 0. The summed E-state index contributed by atoms with van der Waals surface area (Å²) in [4.78, 5) is 50.1. The van der Waals surface area contributed by atoms with Crippen LogP contribution in [0.15, 0.2) is 36.4 Å². The van der Waals surface area contributed by atoms with Gasteiger partial charge in [0.25, 0.3) is 0 Å². The van der Waals surface area contributed by atoms with Crippen molar-refractivity contribution in [1.29, 1.82) is 0 Å². The Kier molecular flexibility index (Phi) is 4.53. The van der Waals surface area contributed by atoms with Gasteiger partial charge in [0.15, 0.2) is 5.78 Å². The molecular formula is C19H20N2O4. The van der Waals surface area contributed by atoms with E-state index in [1.807, 2.05) is 12.2 Å². The number of allylic oxidation sites excluding steroid dienone is 2. The molecule has 6 heteroatoms. The zero-order valence-electron chi connectivity index (χ0n) is 14.2. The maximum absolute atomic E-state index is 12.5. The molecule has 1 aromatic carbocycles. The third-order valence-electron chi connectivity index (χ3n) is 4.85. The lowest BCUT2D eigenvalue weighted by molar-refractivity contribution is -0.146. The van der Waals surface area contributed by atoms with Crippen LogP contribution in [-0.2, 0) is 14.4 Å². The van der Waals surface area contributed by atoms with E-state index in [4.69, 9.17) is 0 Å². The van der Waals surface area contributed by atoms with Crippen LogP contribution in [-0.4, -0.2) is 34.4 Å². The summed E-state index contributed by atoms with van der Waals surface area (Å²) in [6, 6.07) is 5.67. The maximum Gasteiger partial charge on any atom is 0.247 e. The normalized spacial score (nSPS) is 23.4. The molecule has 3 atom stereocenters. The molecule has 25 heavy (non-hydrogen) atoms. The van der Waals surface area contributed by atoms with Crippen molar-refractivity contribution >= 4 is 29.2 Å². The predicted octanol–water partition coefficient (Wildman–Crippen LogP) is 2.17. The fourth-order valence-corrected chi connectivity index (χ4v) is 3.39. The van der Waals surface area contributed by atoms with Gasteiger partial charge in [0, 0.05) is 11.3 Å². The average Bonchev–Trinajstić information content (AvgIpc) is 2.86. The van der Waals surface area contributed by atoms with Gasteiger partial charge in [-0.3, -0.25) is 24.1 Å². The number of hydrogen-bond donors (Lipinski definition) is 1. The van der Waals surface area contributed by atoms with Crippen LogP contribution in [0.5, 0.6) is 0 Å². The highest BCUT2D eigenvalue weighted by Crippen LogP contribution is 2.36. The number of Topliss-reactive ketones (excluding diaryl/α,β-unsaturated/α-hetero) is 1. The number of fused-ring (bicyclic) bond motifs is 1. The van der Waals surface area contributed by atoms with Gasteiger partial charge < -0.3 is 5.32 Å². The number of carbonyl (C=O) groups excluding carboxylic acids is 4. The Labute approximate surface area is 145 Å². The number of hydrogen-bond acceptors (Lipinski definition) is 4. The molecule has 1 N–H and O–H groups in total. The third kappa shape index (κ3) is 3.12. The first kappa shape index (κ1) is 17.1. The zero-order valence-corrected chi connectivity index (χ0v) is 14.2. The van der Waals surface area contributed by atoms with Crippen LogP contribution in [0.4, 0.5) is 5.69 Å². The summed E-state index contributed by atoms with van der Waals surface area (Å²) in [6.07, 6.45) is 4.91. The third-order valence-corrected chi connectivity index (χ3v) is 4.85. The van der Waals surface area contributed by atoms with E-state index >= 15 is 0 Å². The standard InChI is InChI=1S/C19H20N2O4/c1-11(17(23)20-14-7-5-6-13(10-14)12(2)22)21-18(24)15-8-3-4-9-16(15)19(21)25/h3-7,10-11,15-16H,8-9H2,1-2H3,(H,20,23)/t11-,15-,16-/m0/s1. The van der Waals surface area contributed by atoms with Crippen LogP contribution in [0.25, 0.3) is 0 Å². The van der Waals surface area contributed by atoms with E-state index in [2.05, 4.69) is 5.32 Å². The summed E-state index contributed by atoms with van der Waals surface area (Å²) in [5, 5.41) is 2.68. The lowest BCUT2D eigenvalue weighted by Gasteiger charge is -2.22. The number of likely N-dealkylation sites (tertiary alicyclic amines) is 1. The quantitative estimate of drug-likeness (QED) is 0.517. The molecule has 0 radical (unpaired) electrons. The van der Waals surface area contributed by atoms with Crippen LogP contribution in [0.1, 0.15) is 37.0 Å². The van der Waals surface area contributed by atoms with Crippen molar-refractivity contribution < 1.29 is 19.2 Å². The number of ketones is 1. The van der Waals surface area contributed by atoms with Crippen molar-refractivity contribution in [2.24, 2.45) is 11.8 Å². The number of nitrogens with zero attached hydrogens (tertiary/aromatic N) is 1. The van der Waals surface area contributed by atoms with E-state index in [1.165, 1.54) is 6.92 Å². The second-order valence-corrected chi connectivity index (χ2v) is 6.50. The summed E-state index contributed by atoms with van der Waals surface area (Å²) in [5.74, 6) is -1.82. The molecule has 1 saturated heterocycles. The minimum atomic E-state index is -0.897. The zero-order chi connectivity index (χ0) is 18.1. The second kappa shape index (κ2) is 6.63. The second-order valence-electron chi connectivity index (χ2n) is 6.50. The van der Waals surface area contributed by atoms with Crippen LogP contribution in [0.2, 0.25) is 0 Å². The Morgan fingerprint density at radius 3 is 2.28 bits per heavy atom. The van der Waals surface area contributed by atoms with Crippen LogP contribution < -0.4 is 5.32 Å². The predicted molar refractivity (Wildman–Crippen MR) is 91.7 cm³/mol. The van der Waals surface area contributed by atoms with E-state index < -0.39 is 11.9 Å². The molecule has 1 aliphatic heterocycles. The fourth-order valence-electron chi connectivity index (χ4n) is 3.39. The topological polar surface area (TPSA) is 83.6 Å². The highest BCUT2D eigenvalue weighted by Gasteiger charge is 2.50. The van der Waals surface area contributed by atoms with E-state index in [0.29, 0.717) is 24.1 Å². The molecule has 1 heterocycles. The minimum Gasteiger partial charge on any atom is -0.324 e. The van der Waals surface area contributed by atoms with Crippen molar-refractivity contribution in [2.75, 3.05) is 5.32 Å². The Balaban J connectivity index is 1.74. The van der Waals surface area contributed by atoms with Crippen molar-refractivity contribution in [3.8, 4) is 0 Å². The van der Waals surface area contributed by atoms with E-state index in [1.54, 1.807) is 31.2 Å². The van der Waals surface area contributed by atoms with Crippen LogP contribution in [0, 0.1) is 11.8 Å². The molecular weight excluding hydrogens is 320 g/mol. The molecule has 130 valence electrons. The van der Waals surface area contributed by atoms with Gasteiger partial charge >= 0.3 is 0 Å². The van der Waals surface area contributed by atoms with E-state index in [-0.39, 0.29) is 29.4 Å². The Bertz CT molecular complexity index is 757. The molecule has 0 unspecified atom stereocenters. The SMILES string of the molecule is CC(=O)c1cccc(NC(=O)[C@H](C)N2C(=O)[C@H]3CC=CC[C@@H]3C2=O)c1. The molecule has 3 amide bonds. The number of nitrogens with one attached hydrogen (secondary N) is 1. The first-order valence-electron chi connectivity index (χ1n) is 8.34. The van der Waals surface area contributed by atoms with Gasteiger partial charge in [0.2, 0.25) is 17.7 Å². The number of anilines is 1. The molecule has 0 bridgehead atoms. The van der Waals surface area contributed by atoms with Crippen molar-refractivity contribution in [1.82, 2.24) is 4.90 Å². The first-order valence-corrected chi connectivity index (χ1v) is 8.34. The van der Waals surface area contributed by atoms with Crippen molar-refractivity contribution in [3.63, 3.8) is 0 Å². The summed E-state index contributed by atoms with van der Waals surface area (Å²) in [5.41, 5.74) is 0.943. The van der Waals surface area contributed by atoms with E-state index in [0.717, 1.165) is 4.90 Å². The van der Waals surface area contributed by atoms with Gasteiger partial charge in [0.1, 0.15) is 6.04 Å². The van der Waals surface area contributed by atoms with Crippen LogP contribution in [0.3, 0.4) is 0 Å². The lowest BCUT2D eigenvalue weighted by atomic mass is 9.85. The largest absolute Gasteiger partial charge is 0.324 e. The van der Waals surface area contributed by atoms with Crippen molar-refractivity contribution in [2.45, 2.75) is 32.7 Å². The maximum atomic E-state index is 12.5. The van der Waals surface area contributed by atoms with Crippen molar-refractivity contribution in [3.05, 3.63) is 42.0 Å². The van der Waals surface area contributed by atoms with Gasteiger partial charge in [-0.2, -0.15) is 0 Å². The monoisotopic (exact) mass is 340 g/mol. The fraction of sp³-hybridized carbons (Fsp3) is 0.368. The number of imide groups is 1. The van der Waals surface area contributed by atoms with Gasteiger partial charge in [0.05, 0.1) is 11.8 Å². The summed E-state index contributed by atoms with van der Waals surface area (Å²) < 4.78 is 0. The Hall–Kier alpha value is -2.76. The molecule has 0 saturated carbocycles. The number of benzene rings is 1. The molecule has 3 rings (SSSR count). The molecule has 6 nitrogen and oxygen atoms in total. The van der Waals surface area contributed by atoms with Crippen LogP contribution >= 0.6 is 0 Å². The lowest BCUT2D eigenvalue weighted by Crippen LogP contribution is -2.46. The molecule has 0 aromatic heterocycles. The van der Waals surface area contributed by atoms with Gasteiger partial charge in [-0.05, 0) is 38.8 Å². The average molecular weight is 340 g/mol. The highest BCUT2D eigenvalue weighted by atomic mass is 16.2. The Morgan fingerprint density at radius 1 is 1.12 bits per heavy atom. The Morgan fingerprint density at radius 2 is 1.72 bits per heavy atom. The molecule has 1 fully saturated rings. The smallest absolute Gasteiger partial charge is 0.247 e. The molecule has 0 spiro atoms. The summed E-state index contributed by atoms with van der Waals surface area (Å²) >= 11 is 0. The van der Waals surface area contributed by atoms with Gasteiger partial charge in [-0.25, -0.2) is 0 Å².